The molecule has 1 aromatic rings. The minimum Gasteiger partial charge on any atom is -0.324 e. The zero-order valence-corrected chi connectivity index (χ0v) is 5.19. The average Bonchev–Trinajstić information content (AvgIpc) is 2.23. The van der Waals surface area contributed by atoms with E-state index in [1.165, 1.54) is 0 Å². The van der Waals surface area contributed by atoms with Crippen LogP contribution in [0.3, 0.4) is 0 Å². The normalized spacial score (nSPS) is 16.3. The number of benzene rings is 1. The summed E-state index contributed by atoms with van der Waals surface area (Å²) in [5, 5.41) is 0. The van der Waals surface area contributed by atoms with Gasteiger partial charge in [-0.05, 0) is 0 Å². The van der Waals surface area contributed by atoms with Crippen LogP contribution in [0.2, 0.25) is 0 Å². The van der Waals surface area contributed by atoms with Crippen LogP contribution in [0.4, 0.5) is 0 Å². The molecule has 0 saturated carbocycles. The molecule has 1 aromatic carbocycles. The van der Waals surface area contributed by atoms with Gasteiger partial charge in [-0.2, -0.15) is 0 Å². The largest absolute Gasteiger partial charge is 0.324 e. The minimum absolute atomic E-state index is 0.344. The van der Waals surface area contributed by atoms with Gasteiger partial charge in [-0.15, -0.1) is 0 Å². The third-order valence-electron chi connectivity index (χ3n) is 0.964. The molecule has 0 unspecified atom stereocenters. The molecule has 2 N–H and O–H groups in total. The molecule has 0 amide bonds. The summed E-state index contributed by atoms with van der Waals surface area (Å²) < 4.78 is 36.7. The molecule has 1 rings (SSSR count). The number of Topliss-reactive ketones (excluding diaryl/α,β-unsaturated/α-hetero) is 1. The van der Waals surface area contributed by atoms with Crippen LogP contribution in [0.1, 0.15) is 17.2 Å². The highest BCUT2D eigenvalue weighted by Crippen LogP contribution is 1.97. The van der Waals surface area contributed by atoms with E-state index in [4.69, 9.17) is 12.6 Å². The monoisotopic (exact) mass is 140 g/mol. The number of rotatable bonds is 2. The molecule has 0 saturated heterocycles. The van der Waals surface area contributed by atoms with E-state index in [1.54, 1.807) is 0 Å². The Morgan fingerprint density at radius 1 is 1.50 bits per heavy atom. The van der Waals surface area contributed by atoms with Crippen molar-refractivity contribution in [1.29, 1.82) is 0 Å². The quantitative estimate of drug-likeness (QED) is 0.618. The van der Waals surface area contributed by atoms with Gasteiger partial charge >= 0.3 is 0 Å². The highest BCUT2D eigenvalue weighted by Gasteiger charge is 1.98. The summed E-state index contributed by atoms with van der Waals surface area (Å²) in [6, 6.07) is -2.56. The lowest BCUT2D eigenvalue weighted by molar-refractivity contribution is 0.100. The summed E-state index contributed by atoms with van der Waals surface area (Å²) in [4.78, 5) is 11.3. The molecule has 2 nitrogen and oxygen atoms in total. The molecule has 0 aromatic heterocycles. The first kappa shape index (κ1) is 2.84. The standard InChI is InChI=1S/C8H9NO/c9-6-8(10)7-4-2-1-3-5-7/h1-5H,6,9H2/i1D,2D,3D,4D,5D. The highest BCUT2D eigenvalue weighted by atomic mass is 16.1. The van der Waals surface area contributed by atoms with Crippen molar-refractivity contribution in [2.75, 3.05) is 6.54 Å². The zero-order chi connectivity index (χ0) is 11.7. The van der Waals surface area contributed by atoms with Crippen molar-refractivity contribution in [2.45, 2.75) is 0 Å². The lowest BCUT2D eigenvalue weighted by atomic mass is 10.1. The van der Waals surface area contributed by atoms with Gasteiger partial charge < -0.3 is 5.73 Å². The maximum Gasteiger partial charge on any atom is 0.176 e. The number of hydrogen-bond donors (Lipinski definition) is 1. The second-order valence-corrected chi connectivity index (χ2v) is 1.63. The molecular weight excluding hydrogens is 126 g/mol. The predicted molar refractivity (Wildman–Crippen MR) is 39.8 cm³/mol. The van der Waals surface area contributed by atoms with Crippen molar-refractivity contribution in [3.8, 4) is 0 Å². The van der Waals surface area contributed by atoms with Crippen LogP contribution in [0.15, 0.2) is 30.2 Å². The van der Waals surface area contributed by atoms with E-state index >= 15 is 0 Å². The number of carbonyl (C=O) groups excluding carboxylic acids is 1. The molecule has 0 aliphatic heterocycles. The van der Waals surface area contributed by atoms with Gasteiger partial charge in [0.05, 0.1) is 13.4 Å². The lowest BCUT2D eigenvalue weighted by Gasteiger charge is -1.93. The Bertz CT molecular complexity index is 403. The molecule has 0 bridgehead atoms. The molecule has 52 valence electrons. The molecule has 0 radical (unpaired) electrons. The van der Waals surface area contributed by atoms with E-state index in [0.717, 1.165) is 0 Å². The van der Waals surface area contributed by atoms with Crippen molar-refractivity contribution in [2.24, 2.45) is 5.73 Å². The Balaban J connectivity index is 3.60. The molecule has 0 atom stereocenters. The molecule has 0 fully saturated rings. The van der Waals surface area contributed by atoms with Gasteiger partial charge in [0.15, 0.2) is 5.78 Å². The molecule has 0 aliphatic rings. The summed E-state index contributed by atoms with van der Waals surface area (Å²) in [7, 11) is 0. The number of hydrogen-bond acceptors (Lipinski definition) is 2. The third-order valence-corrected chi connectivity index (χ3v) is 0.964. The molecular formula is C8H9NO. The van der Waals surface area contributed by atoms with Crippen LogP contribution in [0, 0.1) is 0 Å². The van der Waals surface area contributed by atoms with Crippen LogP contribution >= 0.6 is 0 Å². The summed E-state index contributed by atoms with van der Waals surface area (Å²) in [6.45, 7) is -0.381. The maximum atomic E-state index is 11.3. The second-order valence-electron chi connectivity index (χ2n) is 1.63. The first-order chi connectivity index (χ1) is 6.91. The van der Waals surface area contributed by atoms with Gasteiger partial charge in [-0.1, -0.05) is 30.2 Å². The van der Waals surface area contributed by atoms with E-state index in [-0.39, 0.29) is 12.1 Å². The fourth-order valence-corrected chi connectivity index (χ4v) is 0.491. The van der Waals surface area contributed by atoms with Crippen molar-refractivity contribution in [1.82, 2.24) is 0 Å². The van der Waals surface area contributed by atoms with Crippen molar-refractivity contribution in [3.63, 3.8) is 0 Å². The average molecular weight is 140 g/mol. The van der Waals surface area contributed by atoms with E-state index in [1.807, 2.05) is 0 Å². The van der Waals surface area contributed by atoms with Crippen molar-refractivity contribution in [3.05, 3.63) is 35.8 Å². The van der Waals surface area contributed by atoms with Crippen LogP contribution in [0.25, 0.3) is 0 Å². The van der Waals surface area contributed by atoms with Crippen molar-refractivity contribution < 1.29 is 11.6 Å². The van der Waals surface area contributed by atoms with E-state index in [9.17, 15) is 4.79 Å². The second kappa shape index (κ2) is 3.13. The van der Waals surface area contributed by atoms with Gasteiger partial charge in [0, 0.05) is 5.56 Å². The topological polar surface area (TPSA) is 43.1 Å². The Morgan fingerprint density at radius 2 is 2.10 bits per heavy atom. The molecule has 0 spiro atoms. The first-order valence-corrected chi connectivity index (χ1v) is 2.72. The maximum absolute atomic E-state index is 11.3. The smallest absolute Gasteiger partial charge is 0.176 e. The van der Waals surface area contributed by atoms with Gasteiger partial charge in [0.25, 0.3) is 0 Å². The highest BCUT2D eigenvalue weighted by molar-refractivity contribution is 5.97. The predicted octanol–water partition coefficient (Wildman–Crippen LogP) is 0.828. The van der Waals surface area contributed by atoms with E-state index < -0.39 is 36.0 Å². The Kier molecular flexibility index (Phi) is 0.890. The summed E-state index contributed by atoms with van der Waals surface area (Å²) in [6.07, 6.45) is 0. The fourth-order valence-electron chi connectivity index (χ4n) is 0.491. The Hall–Kier alpha value is -1.15. The molecule has 0 heterocycles. The van der Waals surface area contributed by atoms with Crippen LogP contribution < -0.4 is 5.73 Å². The van der Waals surface area contributed by atoms with Crippen LogP contribution in [0.5, 0.6) is 0 Å². The summed E-state index contributed by atoms with van der Waals surface area (Å²) >= 11 is 0. The minimum atomic E-state index is -0.660. The lowest BCUT2D eigenvalue weighted by Crippen LogP contribution is -2.12. The Morgan fingerprint density at radius 3 is 2.60 bits per heavy atom. The van der Waals surface area contributed by atoms with Gasteiger partial charge in [0.2, 0.25) is 0 Å². The van der Waals surface area contributed by atoms with Gasteiger partial charge in [0.1, 0.15) is 0 Å². The molecule has 0 aliphatic carbocycles. The van der Waals surface area contributed by atoms with Crippen molar-refractivity contribution >= 4 is 5.78 Å². The van der Waals surface area contributed by atoms with E-state index in [0.29, 0.717) is 0 Å². The van der Waals surface area contributed by atoms with Crippen LogP contribution in [-0.2, 0) is 0 Å². The SMILES string of the molecule is [2H]c1c([2H])c([2H])c(C(=O)CN)c([2H])c1[2H]. The van der Waals surface area contributed by atoms with Crippen LogP contribution in [-0.4, -0.2) is 12.3 Å². The zero-order valence-electron chi connectivity index (χ0n) is 10.2. The van der Waals surface area contributed by atoms with E-state index in [2.05, 4.69) is 0 Å². The molecule has 10 heavy (non-hydrogen) atoms. The van der Waals surface area contributed by atoms with Gasteiger partial charge in [-0.3, -0.25) is 4.79 Å². The number of carbonyl (C=O) groups is 1. The van der Waals surface area contributed by atoms with Gasteiger partial charge in [-0.25, -0.2) is 0 Å². The summed E-state index contributed by atoms with van der Waals surface area (Å²) in [5.74, 6) is -0.660. The molecule has 2 heteroatoms. The first-order valence-electron chi connectivity index (χ1n) is 5.22. The Labute approximate surface area is 66.7 Å². The third kappa shape index (κ3) is 1.42. The fraction of sp³-hybridized carbons (Fsp3) is 0.125. The number of ketones is 1. The summed E-state index contributed by atoms with van der Waals surface area (Å²) in [5.41, 5.74) is 4.75. The number of nitrogens with two attached hydrogens (primary N) is 1.